The van der Waals surface area contributed by atoms with Crippen LogP contribution >= 0.6 is 0 Å². The molecule has 1 N–H and O–H groups in total. The molecule has 1 aliphatic rings. The highest BCUT2D eigenvalue weighted by atomic mass is 32.2. The number of nitrogens with one attached hydrogen (secondary N) is 1. The molecule has 0 saturated carbocycles. The number of piperazine rings is 1. The third-order valence-electron chi connectivity index (χ3n) is 8.02. The molecule has 0 bridgehead atoms. The van der Waals surface area contributed by atoms with E-state index in [0.717, 1.165) is 80.0 Å². The van der Waals surface area contributed by atoms with Gasteiger partial charge in [0.2, 0.25) is 0 Å². The van der Waals surface area contributed by atoms with Gasteiger partial charge in [-0.2, -0.15) is 8.42 Å². The van der Waals surface area contributed by atoms with Gasteiger partial charge in [0.05, 0.1) is 11.4 Å². The number of hydrogen-bond acceptors (Lipinski definition) is 9. The first-order valence-electron chi connectivity index (χ1n) is 14.9. The second-order valence-electron chi connectivity index (χ2n) is 11.1. The lowest BCUT2D eigenvalue weighted by Gasteiger charge is -2.32. The fourth-order valence-electron chi connectivity index (χ4n) is 5.60. The van der Waals surface area contributed by atoms with Crippen LogP contribution in [0, 0.1) is 5.82 Å². The third-order valence-corrected chi connectivity index (χ3v) is 9.64. The van der Waals surface area contributed by atoms with E-state index in [2.05, 4.69) is 55.0 Å². The van der Waals surface area contributed by atoms with E-state index in [1.807, 2.05) is 18.2 Å². The van der Waals surface area contributed by atoms with E-state index < -0.39 is 20.7 Å². The zero-order chi connectivity index (χ0) is 32.1. The van der Waals surface area contributed by atoms with Crippen LogP contribution in [0.1, 0.15) is 6.42 Å². The number of hydrogen-bond donors (Lipinski definition) is 1. The predicted octanol–water partition coefficient (Wildman–Crippen LogP) is 4.90. The Kier molecular flexibility index (Phi) is 9.24. The maximum absolute atomic E-state index is 14.3. The van der Waals surface area contributed by atoms with Gasteiger partial charge in [-0.1, -0.05) is 34.8 Å². The molecule has 0 radical (unpaired) electrons. The molecule has 0 unspecified atom stereocenters. The molecular weight excluding hydrogens is 609 g/mol. The van der Waals surface area contributed by atoms with Crippen molar-refractivity contribution < 1.29 is 22.4 Å². The van der Waals surface area contributed by atoms with Gasteiger partial charge in [-0.3, -0.25) is 4.79 Å². The van der Waals surface area contributed by atoms with Gasteiger partial charge in [-0.05, 0) is 62.5 Å². The summed E-state index contributed by atoms with van der Waals surface area (Å²) in [5, 5.41) is 4.31. The number of nitrogens with zero attached hydrogens (tertiary/aromatic N) is 6. The molecule has 46 heavy (non-hydrogen) atoms. The first-order chi connectivity index (χ1) is 22.3. The summed E-state index contributed by atoms with van der Waals surface area (Å²) in [6.07, 6.45) is 4.69. The Morgan fingerprint density at radius 2 is 1.70 bits per heavy atom. The highest BCUT2D eigenvalue weighted by Gasteiger charge is 2.30. The summed E-state index contributed by atoms with van der Waals surface area (Å²) in [6.45, 7) is 6.34. The third kappa shape index (κ3) is 6.71. The second-order valence-corrected chi connectivity index (χ2v) is 12.8. The van der Waals surface area contributed by atoms with Crippen molar-refractivity contribution in [3.63, 3.8) is 0 Å². The van der Waals surface area contributed by atoms with Gasteiger partial charge < -0.3 is 24.5 Å². The van der Waals surface area contributed by atoms with E-state index in [1.54, 1.807) is 12.1 Å². The molecule has 13 heteroatoms. The molecule has 6 rings (SSSR count). The van der Waals surface area contributed by atoms with Gasteiger partial charge in [-0.25, -0.2) is 14.4 Å². The van der Waals surface area contributed by atoms with E-state index >= 15 is 0 Å². The smallest absolute Gasteiger partial charge is 0.322 e. The lowest BCUT2D eigenvalue weighted by molar-refractivity contribution is -0.128. The lowest BCUT2D eigenvalue weighted by atomic mass is 10.1. The highest BCUT2D eigenvalue weighted by Crippen LogP contribution is 2.32. The number of sulfonamides is 1. The number of likely N-dealkylation sites (N-methyl/N-ethyl adjacent to an activating group) is 1. The predicted molar refractivity (Wildman–Crippen MR) is 174 cm³/mol. The van der Waals surface area contributed by atoms with Crippen LogP contribution in [-0.4, -0.2) is 79.0 Å². The van der Waals surface area contributed by atoms with Crippen molar-refractivity contribution in [3.05, 3.63) is 97.2 Å². The highest BCUT2D eigenvalue weighted by molar-refractivity contribution is 7.92. The van der Waals surface area contributed by atoms with Gasteiger partial charge in [0.25, 0.3) is 10.0 Å². The van der Waals surface area contributed by atoms with Crippen molar-refractivity contribution in [1.29, 1.82) is 0 Å². The quantitative estimate of drug-likeness (QED) is 0.150. The molecule has 0 aliphatic carbocycles. The summed E-state index contributed by atoms with van der Waals surface area (Å²) < 4.78 is 43.2. The van der Waals surface area contributed by atoms with Crippen LogP contribution in [0.2, 0.25) is 0 Å². The normalized spacial score (nSPS) is 14.3. The number of carbonyl (C=O) groups is 1. The fourth-order valence-corrected chi connectivity index (χ4v) is 6.89. The van der Waals surface area contributed by atoms with Crippen molar-refractivity contribution in [1.82, 2.24) is 24.3 Å². The number of halogens is 1. The SMILES string of the molecule is CN1CCN(CCCn2cc(-c3cc(Nc4ccc(N(OC=O)S(=O)(=O)c5ccccc5F)cc4)ncn3)c3ccccc32)CC1. The first-order valence-corrected chi connectivity index (χ1v) is 16.4. The van der Waals surface area contributed by atoms with Crippen LogP contribution in [0.5, 0.6) is 0 Å². The number of aryl methyl sites for hydroxylation is 1. The van der Waals surface area contributed by atoms with Gasteiger partial charge in [0.1, 0.15) is 22.9 Å². The van der Waals surface area contributed by atoms with Crippen LogP contribution in [0.4, 0.5) is 21.6 Å². The number of benzene rings is 3. The molecular formula is C33H34FN7O4S. The minimum absolute atomic E-state index is 0.00436. The Morgan fingerprint density at radius 1 is 0.957 bits per heavy atom. The van der Waals surface area contributed by atoms with Crippen molar-refractivity contribution >= 4 is 44.6 Å². The number of carbonyl (C=O) groups excluding carboxylic acids is 1. The molecule has 5 aromatic rings. The average molecular weight is 644 g/mol. The topological polar surface area (TPSA) is 113 Å². The van der Waals surface area contributed by atoms with Gasteiger partial charge in [0.15, 0.2) is 0 Å². The van der Waals surface area contributed by atoms with E-state index in [1.165, 1.54) is 30.6 Å². The number of rotatable bonds is 12. The first kappa shape index (κ1) is 31.1. The van der Waals surface area contributed by atoms with Crippen LogP contribution in [-0.2, 0) is 26.2 Å². The Balaban J connectivity index is 1.19. The molecule has 1 aliphatic heterocycles. The van der Waals surface area contributed by atoms with Gasteiger partial charge in [-0.15, -0.1) is 0 Å². The van der Waals surface area contributed by atoms with Crippen LogP contribution in [0.15, 0.2) is 96.3 Å². The molecule has 11 nitrogen and oxygen atoms in total. The maximum atomic E-state index is 14.3. The molecule has 3 heterocycles. The summed E-state index contributed by atoms with van der Waals surface area (Å²) >= 11 is 0. The molecule has 1 saturated heterocycles. The summed E-state index contributed by atoms with van der Waals surface area (Å²) in [7, 11) is -2.36. The summed E-state index contributed by atoms with van der Waals surface area (Å²) in [6, 6.07) is 21.1. The van der Waals surface area contributed by atoms with Crippen LogP contribution in [0.3, 0.4) is 0 Å². The summed E-state index contributed by atoms with van der Waals surface area (Å²) in [4.78, 5) is 29.1. The number of fused-ring (bicyclic) bond motifs is 1. The monoisotopic (exact) mass is 643 g/mol. The van der Waals surface area contributed by atoms with Crippen molar-refractivity contribution in [3.8, 4) is 11.3 Å². The second kappa shape index (κ2) is 13.6. The Bertz CT molecular complexity index is 1930. The minimum Gasteiger partial charge on any atom is -0.347 e. The summed E-state index contributed by atoms with van der Waals surface area (Å²) in [5.74, 6) is -0.432. The molecule has 0 atom stereocenters. The number of para-hydroxylation sites is 1. The van der Waals surface area contributed by atoms with Gasteiger partial charge >= 0.3 is 6.47 Å². The van der Waals surface area contributed by atoms with Crippen molar-refractivity contribution in [2.45, 2.75) is 17.9 Å². The molecule has 0 amide bonds. The van der Waals surface area contributed by atoms with E-state index in [-0.39, 0.29) is 12.2 Å². The fraction of sp³-hybridized carbons (Fsp3) is 0.242. The van der Waals surface area contributed by atoms with E-state index in [9.17, 15) is 17.6 Å². The zero-order valence-corrected chi connectivity index (χ0v) is 26.1. The summed E-state index contributed by atoms with van der Waals surface area (Å²) in [5.41, 5.74) is 3.49. The Morgan fingerprint density at radius 3 is 2.46 bits per heavy atom. The van der Waals surface area contributed by atoms with E-state index in [0.29, 0.717) is 16.0 Å². The number of anilines is 3. The minimum atomic E-state index is -4.53. The number of aromatic nitrogens is 3. The largest absolute Gasteiger partial charge is 0.347 e. The van der Waals surface area contributed by atoms with Crippen LogP contribution in [0.25, 0.3) is 22.2 Å². The maximum Gasteiger partial charge on any atom is 0.322 e. The van der Waals surface area contributed by atoms with Crippen LogP contribution < -0.4 is 9.79 Å². The van der Waals surface area contributed by atoms with E-state index in [4.69, 9.17) is 4.84 Å². The lowest BCUT2D eigenvalue weighted by Crippen LogP contribution is -2.44. The molecule has 1 fully saturated rings. The zero-order valence-electron chi connectivity index (χ0n) is 25.3. The molecule has 3 aromatic carbocycles. The Hall–Kier alpha value is -4.85. The van der Waals surface area contributed by atoms with Crippen molar-refractivity contribution in [2.75, 3.05) is 49.6 Å². The Labute approximate surface area is 266 Å². The average Bonchev–Trinajstić information content (AvgIpc) is 3.44. The van der Waals surface area contributed by atoms with Gasteiger partial charge in [0, 0.05) is 67.1 Å². The van der Waals surface area contributed by atoms with Crippen molar-refractivity contribution in [2.24, 2.45) is 0 Å². The molecule has 238 valence electrons. The standard InChI is InChI=1S/C33H34FN7O4S/c1-38-17-19-39(20-18-38)15-6-16-40-22-28(27-7-2-4-9-31(27)40)30-21-33(36-23-35-30)37-25-11-13-26(14-12-25)41(45-24-42)46(43,44)32-10-5-3-8-29(32)34/h2-5,7-14,21-24H,6,15-20H2,1H3,(H,35,36,37). The molecule has 0 spiro atoms. The molecule has 2 aromatic heterocycles.